The third-order valence-corrected chi connectivity index (χ3v) is 4.74. The molecule has 0 spiro atoms. The van der Waals surface area contributed by atoms with Crippen LogP contribution >= 0.6 is 0 Å². The molecule has 0 aliphatic rings. The summed E-state index contributed by atoms with van der Waals surface area (Å²) in [6.45, 7) is 8.07. The molecule has 0 rings (SSSR count). The van der Waals surface area contributed by atoms with E-state index in [0.29, 0.717) is 19.6 Å². The molecule has 4 amide bonds. The second kappa shape index (κ2) is 18.5. The minimum atomic E-state index is -0.656. The highest BCUT2D eigenvalue weighted by Gasteiger charge is 2.25. The zero-order valence-electron chi connectivity index (χ0n) is 18.2. The monoisotopic (exact) mass is 396 g/mol. The van der Waals surface area contributed by atoms with Crippen LogP contribution in [0.4, 0.5) is 9.59 Å². The molecule has 0 aliphatic carbocycles. The zero-order valence-corrected chi connectivity index (χ0v) is 18.2. The number of imide groups is 1. The molecule has 0 aromatic rings. The van der Waals surface area contributed by atoms with E-state index in [1.54, 1.807) is 4.90 Å². The van der Waals surface area contributed by atoms with Crippen molar-refractivity contribution < 1.29 is 14.4 Å². The summed E-state index contributed by atoms with van der Waals surface area (Å²) in [5.41, 5.74) is 2.10. The Hall–Kier alpha value is -1.88. The van der Waals surface area contributed by atoms with E-state index in [1.165, 1.54) is 11.0 Å². The van der Waals surface area contributed by atoms with Gasteiger partial charge in [0.2, 0.25) is 0 Å². The smallest absolute Gasteiger partial charge is 0.324 e. The molecular formula is C21H40N4O3. The number of hydrogen-bond donors (Lipinski definition) is 1. The predicted molar refractivity (Wildman–Crippen MR) is 113 cm³/mol. The Morgan fingerprint density at radius 2 is 1.21 bits per heavy atom. The number of urea groups is 2. The molecule has 0 saturated heterocycles. The van der Waals surface area contributed by atoms with Crippen molar-refractivity contribution in [1.82, 2.24) is 15.2 Å². The maximum absolute atomic E-state index is 13.1. The van der Waals surface area contributed by atoms with E-state index in [2.05, 4.69) is 31.3 Å². The summed E-state index contributed by atoms with van der Waals surface area (Å²) >= 11 is 0. The predicted octanol–water partition coefficient (Wildman–Crippen LogP) is 5.41. The number of unbranched alkanes of at least 4 members (excludes halogenated alkanes) is 9. The molecule has 7 nitrogen and oxygen atoms in total. The lowest BCUT2D eigenvalue weighted by molar-refractivity contribution is 0.151. The van der Waals surface area contributed by atoms with E-state index < -0.39 is 6.03 Å². The van der Waals surface area contributed by atoms with Crippen LogP contribution in [0.3, 0.4) is 0 Å². The summed E-state index contributed by atoms with van der Waals surface area (Å²) in [5.74, 6) is 0. The van der Waals surface area contributed by atoms with Gasteiger partial charge in [-0.1, -0.05) is 83.7 Å². The summed E-state index contributed by atoms with van der Waals surface area (Å²) < 4.78 is 0. The average Bonchev–Trinajstić information content (AvgIpc) is 2.70. The van der Waals surface area contributed by atoms with Crippen LogP contribution in [-0.4, -0.2) is 47.6 Å². The van der Waals surface area contributed by atoms with E-state index in [0.717, 1.165) is 77.0 Å². The minimum Gasteiger partial charge on any atom is -0.324 e. The third-order valence-electron chi connectivity index (χ3n) is 4.74. The highest BCUT2D eigenvalue weighted by molar-refractivity contribution is 5.93. The summed E-state index contributed by atoms with van der Waals surface area (Å²) in [4.78, 5) is 38.7. The Kier molecular flexibility index (Phi) is 17.2. The van der Waals surface area contributed by atoms with Gasteiger partial charge in [0.15, 0.2) is 0 Å². The fourth-order valence-corrected chi connectivity index (χ4v) is 3.04. The van der Waals surface area contributed by atoms with Crippen LogP contribution in [0.25, 0.3) is 0 Å². The zero-order chi connectivity index (χ0) is 21.0. The first-order chi connectivity index (χ1) is 13.6. The Bertz CT molecular complexity index is 453. The summed E-state index contributed by atoms with van der Waals surface area (Å²) in [7, 11) is 0. The second-order valence-electron chi connectivity index (χ2n) is 7.22. The molecule has 28 heavy (non-hydrogen) atoms. The molecule has 0 aromatic carbocycles. The molecule has 0 aromatic heterocycles. The standard InChI is InChI=1S/C21H40N4O3/c1-4-7-10-13-16-24(17-14-11-8-5-2)21(28)25(18-15-12-9-6-3)20(27)23-22-19-26/h4-18H2,1-3H3,(H,23,27). The van der Waals surface area contributed by atoms with Crippen molar-refractivity contribution in [2.24, 2.45) is 5.10 Å². The lowest BCUT2D eigenvalue weighted by Crippen LogP contribution is -2.50. The Morgan fingerprint density at radius 3 is 1.64 bits per heavy atom. The molecule has 0 heterocycles. The number of nitrogens with one attached hydrogen (secondary N) is 1. The molecule has 0 saturated carbocycles. The average molecular weight is 397 g/mol. The van der Waals surface area contributed by atoms with Crippen LogP contribution in [-0.2, 0) is 4.79 Å². The number of nitrogens with zero attached hydrogens (tertiary/aromatic N) is 3. The molecule has 162 valence electrons. The van der Waals surface area contributed by atoms with Crippen LogP contribution in [0, 0.1) is 0 Å². The molecule has 1 N–H and O–H groups in total. The molecule has 0 bridgehead atoms. The van der Waals surface area contributed by atoms with Crippen LogP contribution in [0.2, 0.25) is 0 Å². The van der Waals surface area contributed by atoms with E-state index in [-0.39, 0.29) is 6.03 Å². The number of hydrazone groups is 1. The molecule has 0 fully saturated rings. The van der Waals surface area contributed by atoms with Gasteiger partial charge in [0.05, 0.1) is 0 Å². The molecular weight excluding hydrogens is 356 g/mol. The number of hydrogen-bond acceptors (Lipinski definition) is 4. The van der Waals surface area contributed by atoms with E-state index in [9.17, 15) is 14.4 Å². The van der Waals surface area contributed by atoms with Crippen molar-refractivity contribution >= 4 is 18.1 Å². The number of carbonyl (C=O) groups is 2. The van der Waals surface area contributed by atoms with Gasteiger partial charge in [-0.2, -0.15) is 0 Å². The number of isocyanates is 1. The van der Waals surface area contributed by atoms with Crippen LogP contribution < -0.4 is 5.43 Å². The normalized spacial score (nSPS) is 10.2. The van der Waals surface area contributed by atoms with Gasteiger partial charge in [-0.3, -0.25) is 0 Å². The fourth-order valence-electron chi connectivity index (χ4n) is 3.04. The molecule has 7 heteroatoms. The number of rotatable bonds is 16. The van der Waals surface area contributed by atoms with Gasteiger partial charge in [-0.25, -0.2) is 24.7 Å². The van der Waals surface area contributed by atoms with Gasteiger partial charge in [-0.15, -0.1) is 0 Å². The summed E-state index contributed by atoms with van der Waals surface area (Å²) in [5, 5.41) is 3.13. The summed E-state index contributed by atoms with van der Waals surface area (Å²) in [6.07, 6.45) is 13.7. The quantitative estimate of drug-likeness (QED) is 0.164. The van der Waals surface area contributed by atoms with Crippen molar-refractivity contribution in [3.8, 4) is 0 Å². The topological polar surface area (TPSA) is 82.1 Å². The van der Waals surface area contributed by atoms with Crippen LogP contribution in [0.15, 0.2) is 5.10 Å². The van der Waals surface area contributed by atoms with Crippen molar-refractivity contribution in [2.75, 3.05) is 19.6 Å². The SMILES string of the molecule is CCCCCCN(CCCCCC)C(=O)N(CCCCCC)C(=O)NN=C=O. The van der Waals surface area contributed by atoms with Crippen molar-refractivity contribution in [1.29, 1.82) is 0 Å². The Labute approximate surface area is 170 Å². The Balaban J connectivity index is 5.01. The highest BCUT2D eigenvalue weighted by Crippen LogP contribution is 2.10. The maximum atomic E-state index is 13.1. The van der Waals surface area contributed by atoms with Gasteiger partial charge >= 0.3 is 12.1 Å². The molecule has 0 unspecified atom stereocenters. The minimum absolute atomic E-state index is 0.289. The first-order valence-electron chi connectivity index (χ1n) is 11.1. The van der Waals surface area contributed by atoms with Gasteiger partial charge in [0.1, 0.15) is 0 Å². The second-order valence-corrected chi connectivity index (χ2v) is 7.22. The number of amides is 4. The van der Waals surface area contributed by atoms with E-state index in [4.69, 9.17) is 0 Å². The molecule has 0 aliphatic heterocycles. The van der Waals surface area contributed by atoms with Crippen molar-refractivity contribution in [3.05, 3.63) is 0 Å². The largest absolute Gasteiger partial charge is 0.346 e. The molecule has 0 radical (unpaired) electrons. The van der Waals surface area contributed by atoms with Crippen molar-refractivity contribution in [2.45, 2.75) is 97.8 Å². The highest BCUT2D eigenvalue weighted by atomic mass is 16.2. The first-order valence-corrected chi connectivity index (χ1v) is 11.1. The molecule has 0 atom stereocenters. The fraction of sp³-hybridized carbons (Fsp3) is 0.857. The van der Waals surface area contributed by atoms with E-state index in [1.807, 2.05) is 0 Å². The van der Waals surface area contributed by atoms with Gasteiger partial charge in [0, 0.05) is 19.6 Å². The Morgan fingerprint density at radius 1 is 0.750 bits per heavy atom. The third kappa shape index (κ3) is 12.5. The van der Waals surface area contributed by atoms with Crippen molar-refractivity contribution in [3.63, 3.8) is 0 Å². The lowest BCUT2D eigenvalue weighted by atomic mass is 10.1. The van der Waals surface area contributed by atoms with Crippen LogP contribution in [0.5, 0.6) is 0 Å². The lowest BCUT2D eigenvalue weighted by Gasteiger charge is -2.29. The van der Waals surface area contributed by atoms with E-state index >= 15 is 0 Å². The maximum Gasteiger partial charge on any atom is 0.346 e. The van der Waals surface area contributed by atoms with Gasteiger partial charge in [0.25, 0.3) is 6.08 Å². The van der Waals surface area contributed by atoms with Crippen LogP contribution in [0.1, 0.15) is 97.8 Å². The summed E-state index contributed by atoms with van der Waals surface area (Å²) in [6, 6.07) is -0.944. The number of carbonyl (C=O) groups excluding carboxylic acids is 3. The van der Waals surface area contributed by atoms with Gasteiger partial charge < -0.3 is 4.90 Å². The van der Waals surface area contributed by atoms with Gasteiger partial charge in [-0.05, 0) is 19.3 Å². The first kappa shape index (κ1) is 26.1.